The zero-order valence-electron chi connectivity index (χ0n) is 18.2. The van der Waals surface area contributed by atoms with Crippen molar-refractivity contribution in [1.29, 1.82) is 0 Å². The predicted octanol–water partition coefficient (Wildman–Crippen LogP) is 4.94. The summed E-state index contributed by atoms with van der Waals surface area (Å²) in [5, 5.41) is 4.68. The maximum absolute atomic E-state index is 5.87. The standard InChI is InChI=1S/C25H29NO4/c1-27-21-9-8-16-20-14-26-10-6-5-7-15(26)11-17(20)18-12-22(28-2)23(29-3)13-19(18)24(16)25(21)30-4/h8-9,12-13,15H,5-7,10-11,14H2,1-4H3. The highest BCUT2D eigenvalue weighted by atomic mass is 16.5. The lowest BCUT2D eigenvalue weighted by Gasteiger charge is -2.41. The van der Waals surface area contributed by atoms with Gasteiger partial charge in [-0.05, 0) is 71.3 Å². The third-order valence-corrected chi connectivity index (χ3v) is 6.90. The van der Waals surface area contributed by atoms with Crippen molar-refractivity contribution < 1.29 is 18.9 Å². The Morgan fingerprint density at radius 2 is 1.50 bits per heavy atom. The van der Waals surface area contributed by atoms with Crippen molar-refractivity contribution in [3.8, 4) is 23.0 Å². The molecule has 5 rings (SSSR count). The van der Waals surface area contributed by atoms with Crippen LogP contribution in [0.15, 0.2) is 24.3 Å². The van der Waals surface area contributed by atoms with E-state index < -0.39 is 0 Å². The predicted molar refractivity (Wildman–Crippen MR) is 119 cm³/mol. The van der Waals surface area contributed by atoms with Gasteiger partial charge in [0.1, 0.15) is 0 Å². The fourth-order valence-electron chi connectivity index (χ4n) is 5.46. The van der Waals surface area contributed by atoms with E-state index in [1.807, 2.05) is 6.07 Å². The van der Waals surface area contributed by atoms with E-state index in [0.29, 0.717) is 6.04 Å². The summed E-state index contributed by atoms with van der Waals surface area (Å²) in [6.45, 7) is 2.17. The minimum atomic E-state index is 0.625. The van der Waals surface area contributed by atoms with Gasteiger partial charge in [-0.25, -0.2) is 0 Å². The number of benzene rings is 3. The van der Waals surface area contributed by atoms with E-state index in [4.69, 9.17) is 18.9 Å². The Bertz CT molecular complexity index is 1110. The smallest absolute Gasteiger partial charge is 0.169 e. The van der Waals surface area contributed by atoms with E-state index in [2.05, 4.69) is 23.1 Å². The van der Waals surface area contributed by atoms with Crippen LogP contribution in [0.4, 0.5) is 0 Å². The van der Waals surface area contributed by atoms with Crippen LogP contribution in [0, 0.1) is 0 Å². The molecular weight excluding hydrogens is 378 g/mol. The zero-order valence-corrected chi connectivity index (χ0v) is 18.2. The minimum Gasteiger partial charge on any atom is -0.493 e. The lowest BCUT2D eigenvalue weighted by Crippen LogP contribution is -2.43. The Hall–Kier alpha value is -2.66. The largest absolute Gasteiger partial charge is 0.493 e. The molecule has 5 heteroatoms. The van der Waals surface area contributed by atoms with Gasteiger partial charge in [-0.2, -0.15) is 0 Å². The lowest BCUT2D eigenvalue weighted by molar-refractivity contribution is 0.128. The van der Waals surface area contributed by atoms with Gasteiger partial charge in [0.15, 0.2) is 23.0 Å². The summed E-state index contributed by atoms with van der Waals surface area (Å²) in [6.07, 6.45) is 4.97. The molecule has 0 bridgehead atoms. The third kappa shape index (κ3) is 2.79. The van der Waals surface area contributed by atoms with Crippen molar-refractivity contribution in [3.05, 3.63) is 35.4 Å². The fourth-order valence-corrected chi connectivity index (χ4v) is 5.46. The summed E-state index contributed by atoms with van der Waals surface area (Å²) in [6, 6.07) is 9.07. The summed E-state index contributed by atoms with van der Waals surface area (Å²) in [5.41, 5.74) is 2.85. The maximum atomic E-state index is 5.87. The number of methoxy groups -OCH3 is 4. The monoisotopic (exact) mass is 407 g/mol. The van der Waals surface area contributed by atoms with Crippen LogP contribution in [0.25, 0.3) is 21.5 Å². The average molecular weight is 408 g/mol. The molecule has 3 aromatic carbocycles. The van der Waals surface area contributed by atoms with Gasteiger partial charge in [-0.1, -0.05) is 12.5 Å². The SMILES string of the molecule is COc1cc2c3c(c4ccc(OC)c(OC)c4c2cc1OC)CN1CCCCC1C3. The molecule has 0 aromatic heterocycles. The van der Waals surface area contributed by atoms with Crippen LogP contribution in [0.5, 0.6) is 23.0 Å². The molecule has 0 saturated carbocycles. The molecule has 5 nitrogen and oxygen atoms in total. The summed E-state index contributed by atoms with van der Waals surface area (Å²) < 4.78 is 22.8. The van der Waals surface area contributed by atoms with E-state index in [0.717, 1.165) is 46.7 Å². The second kappa shape index (κ2) is 7.55. The van der Waals surface area contributed by atoms with Crippen molar-refractivity contribution in [1.82, 2.24) is 4.90 Å². The molecule has 1 unspecified atom stereocenters. The Kier molecular flexibility index (Phi) is 4.86. The molecule has 0 aliphatic carbocycles. The van der Waals surface area contributed by atoms with Gasteiger partial charge in [0.05, 0.1) is 28.4 Å². The summed E-state index contributed by atoms with van der Waals surface area (Å²) in [5.74, 6) is 3.01. The van der Waals surface area contributed by atoms with Crippen molar-refractivity contribution >= 4 is 21.5 Å². The van der Waals surface area contributed by atoms with E-state index >= 15 is 0 Å². The number of ether oxygens (including phenoxy) is 4. The topological polar surface area (TPSA) is 40.2 Å². The molecule has 2 aliphatic rings. The van der Waals surface area contributed by atoms with Gasteiger partial charge < -0.3 is 18.9 Å². The molecule has 158 valence electrons. The average Bonchev–Trinajstić information content (AvgIpc) is 2.81. The fraction of sp³-hybridized carbons (Fsp3) is 0.440. The van der Waals surface area contributed by atoms with Crippen molar-refractivity contribution in [2.45, 2.75) is 38.3 Å². The lowest BCUT2D eigenvalue weighted by atomic mass is 9.82. The molecule has 2 aliphatic heterocycles. The van der Waals surface area contributed by atoms with E-state index in [1.54, 1.807) is 28.4 Å². The first-order valence-electron chi connectivity index (χ1n) is 10.7. The highest BCUT2D eigenvalue weighted by Crippen LogP contribution is 2.48. The van der Waals surface area contributed by atoms with Gasteiger partial charge in [-0.15, -0.1) is 0 Å². The van der Waals surface area contributed by atoms with Crippen molar-refractivity contribution in [2.24, 2.45) is 0 Å². The Labute approximate surface area is 177 Å². The van der Waals surface area contributed by atoms with Gasteiger partial charge >= 0.3 is 0 Å². The second-order valence-corrected chi connectivity index (χ2v) is 8.26. The van der Waals surface area contributed by atoms with Crippen LogP contribution in [-0.2, 0) is 13.0 Å². The third-order valence-electron chi connectivity index (χ3n) is 6.90. The first-order chi connectivity index (χ1) is 14.7. The maximum Gasteiger partial charge on any atom is 0.169 e. The Morgan fingerprint density at radius 3 is 2.20 bits per heavy atom. The van der Waals surface area contributed by atoms with Crippen LogP contribution >= 0.6 is 0 Å². The number of fused-ring (bicyclic) bond motifs is 7. The van der Waals surface area contributed by atoms with Crippen molar-refractivity contribution in [3.63, 3.8) is 0 Å². The number of rotatable bonds is 4. The number of piperidine rings is 1. The first kappa shape index (κ1) is 19.3. The molecule has 1 fully saturated rings. The molecule has 0 amide bonds. The van der Waals surface area contributed by atoms with Crippen LogP contribution in [0.3, 0.4) is 0 Å². The minimum absolute atomic E-state index is 0.625. The van der Waals surface area contributed by atoms with Crippen LogP contribution in [0.2, 0.25) is 0 Å². The highest BCUT2D eigenvalue weighted by Gasteiger charge is 2.32. The number of nitrogens with zero attached hydrogens (tertiary/aromatic N) is 1. The quantitative estimate of drug-likeness (QED) is 0.573. The Balaban J connectivity index is 1.91. The highest BCUT2D eigenvalue weighted by molar-refractivity contribution is 6.15. The van der Waals surface area contributed by atoms with Crippen LogP contribution in [0.1, 0.15) is 30.4 Å². The molecule has 0 N–H and O–H groups in total. The van der Waals surface area contributed by atoms with Crippen LogP contribution < -0.4 is 18.9 Å². The Morgan fingerprint density at radius 1 is 0.767 bits per heavy atom. The van der Waals surface area contributed by atoms with Gasteiger partial charge in [0, 0.05) is 18.0 Å². The van der Waals surface area contributed by atoms with Crippen molar-refractivity contribution in [2.75, 3.05) is 35.0 Å². The normalized spacial score (nSPS) is 18.7. The zero-order chi connectivity index (χ0) is 20.8. The molecule has 2 heterocycles. The number of hydrogen-bond donors (Lipinski definition) is 0. The molecule has 1 saturated heterocycles. The first-order valence-corrected chi connectivity index (χ1v) is 10.7. The molecule has 0 radical (unpaired) electrons. The molecule has 3 aromatic rings. The van der Waals surface area contributed by atoms with E-state index in [1.165, 1.54) is 47.7 Å². The summed E-state index contributed by atoms with van der Waals surface area (Å²) in [4.78, 5) is 2.66. The second-order valence-electron chi connectivity index (χ2n) is 8.26. The molecular formula is C25H29NO4. The van der Waals surface area contributed by atoms with E-state index in [9.17, 15) is 0 Å². The van der Waals surface area contributed by atoms with E-state index in [-0.39, 0.29) is 0 Å². The van der Waals surface area contributed by atoms with Gasteiger partial charge in [0.25, 0.3) is 0 Å². The van der Waals surface area contributed by atoms with Gasteiger partial charge in [0.2, 0.25) is 0 Å². The van der Waals surface area contributed by atoms with Crippen LogP contribution in [-0.4, -0.2) is 45.9 Å². The summed E-state index contributed by atoms with van der Waals surface area (Å²) in [7, 11) is 6.78. The molecule has 1 atom stereocenters. The number of hydrogen-bond acceptors (Lipinski definition) is 5. The molecule has 0 spiro atoms. The summed E-state index contributed by atoms with van der Waals surface area (Å²) >= 11 is 0. The van der Waals surface area contributed by atoms with Gasteiger partial charge in [-0.3, -0.25) is 4.90 Å². The molecule has 30 heavy (non-hydrogen) atoms.